The summed E-state index contributed by atoms with van der Waals surface area (Å²) in [5, 5.41) is 2.81. The zero-order valence-corrected chi connectivity index (χ0v) is 18.9. The van der Waals surface area contributed by atoms with E-state index in [0.29, 0.717) is 9.59 Å². The number of amides is 1. The van der Waals surface area contributed by atoms with Crippen molar-refractivity contribution >= 4 is 40.0 Å². The Morgan fingerprint density at radius 2 is 1.66 bits per heavy atom. The van der Waals surface area contributed by atoms with Crippen molar-refractivity contribution in [2.75, 3.05) is 12.4 Å². The van der Waals surface area contributed by atoms with Crippen LogP contribution in [0.5, 0.6) is 5.75 Å². The molecule has 5 nitrogen and oxygen atoms in total. The van der Waals surface area contributed by atoms with E-state index in [9.17, 15) is 27.2 Å². The van der Waals surface area contributed by atoms with Gasteiger partial charge in [0.2, 0.25) is 5.91 Å². The molecule has 0 aliphatic rings. The van der Waals surface area contributed by atoms with E-state index in [1.807, 2.05) is 0 Å². The lowest BCUT2D eigenvalue weighted by atomic mass is 10.1. The van der Waals surface area contributed by atoms with E-state index in [-0.39, 0.29) is 27.9 Å². The minimum atomic E-state index is -4.97. The molecular formula is C25H17ClF4N2O3. The van der Waals surface area contributed by atoms with E-state index in [2.05, 4.69) is 5.32 Å². The second-order valence-corrected chi connectivity index (χ2v) is 8.02. The summed E-state index contributed by atoms with van der Waals surface area (Å²) < 4.78 is 62.0. The van der Waals surface area contributed by atoms with Gasteiger partial charge < -0.3 is 10.1 Å². The van der Waals surface area contributed by atoms with Gasteiger partial charge in [0, 0.05) is 27.2 Å². The van der Waals surface area contributed by atoms with Crippen LogP contribution in [-0.2, 0) is 17.4 Å². The predicted molar refractivity (Wildman–Crippen MR) is 123 cm³/mol. The Morgan fingerprint density at radius 1 is 1.00 bits per heavy atom. The zero-order valence-electron chi connectivity index (χ0n) is 18.1. The van der Waals surface area contributed by atoms with Crippen LogP contribution in [0.1, 0.15) is 21.6 Å². The molecule has 0 bridgehead atoms. The molecule has 3 aromatic carbocycles. The Morgan fingerprint density at radius 3 is 2.26 bits per heavy atom. The number of benzene rings is 3. The molecule has 0 atom stereocenters. The SMILES string of the molecule is COc1ccc2c(c1)c(CC(=O)Nc1ccc(F)cc1)c(C(F)(F)F)n2C(=O)c1ccc(Cl)cc1. The van der Waals surface area contributed by atoms with Gasteiger partial charge in [-0.05, 0) is 66.7 Å². The van der Waals surface area contributed by atoms with Gasteiger partial charge in [-0.15, -0.1) is 0 Å². The standard InChI is InChI=1S/C25H17ClF4N2O3/c1-35-18-10-11-21-19(12-18)20(13-22(33)31-17-8-6-16(27)7-9-17)23(25(28,29)30)32(21)24(34)14-2-4-15(26)5-3-14/h2-12H,13H2,1H3,(H,31,33). The maximum atomic E-state index is 14.4. The summed E-state index contributed by atoms with van der Waals surface area (Å²) >= 11 is 5.85. The van der Waals surface area contributed by atoms with E-state index in [1.165, 1.54) is 61.7 Å². The number of fused-ring (bicyclic) bond motifs is 1. The Kier molecular flexibility index (Phi) is 6.53. The van der Waals surface area contributed by atoms with Crippen molar-refractivity contribution in [2.24, 2.45) is 0 Å². The molecule has 0 saturated carbocycles. The Balaban J connectivity index is 1.87. The van der Waals surface area contributed by atoms with Crippen LogP contribution in [0.3, 0.4) is 0 Å². The number of nitrogens with one attached hydrogen (secondary N) is 1. The molecule has 1 amide bonds. The molecule has 0 aliphatic carbocycles. The number of hydrogen-bond donors (Lipinski definition) is 1. The second-order valence-electron chi connectivity index (χ2n) is 7.59. The molecule has 0 fully saturated rings. The Hall–Kier alpha value is -3.85. The largest absolute Gasteiger partial charge is 0.497 e. The molecule has 0 radical (unpaired) electrons. The topological polar surface area (TPSA) is 60.3 Å². The quantitative estimate of drug-likeness (QED) is 0.323. The van der Waals surface area contributed by atoms with Crippen molar-refractivity contribution in [3.05, 3.63) is 94.4 Å². The van der Waals surface area contributed by atoms with Crippen LogP contribution in [0.25, 0.3) is 10.9 Å². The molecule has 180 valence electrons. The van der Waals surface area contributed by atoms with Crippen molar-refractivity contribution in [3.63, 3.8) is 0 Å². The second kappa shape index (κ2) is 9.42. The lowest BCUT2D eigenvalue weighted by Crippen LogP contribution is -2.23. The van der Waals surface area contributed by atoms with E-state index in [1.54, 1.807) is 0 Å². The van der Waals surface area contributed by atoms with Crippen LogP contribution in [0.4, 0.5) is 23.2 Å². The summed E-state index contributed by atoms with van der Waals surface area (Å²) in [5.74, 6) is -1.99. The molecule has 4 rings (SSSR count). The molecule has 4 aromatic rings. The van der Waals surface area contributed by atoms with Crippen LogP contribution in [-0.4, -0.2) is 23.5 Å². The first-order valence-electron chi connectivity index (χ1n) is 10.2. The minimum absolute atomic E-state index is 0.0186. The molecule has 0 aliphatic heterocycles. The summed E-state index contributed by atoms with van der Waals surface area (Å²) in [4.78, 5) is 26.0. The summed E-state index contributed by atoms with van der Waals surface area (Å²) in [6.45, 7) is 0. The molecule has 1 heterocycles. The van der Waals surface area contributed by atoms with Crippen molar-refractivity contribution < 1.29 is 31.9 Å². The normalized spacial score (nSPS) is 11.5. The predicted octanol–water partition coefficient (Wildman–Crippen LogP) is 6.33. The minimum Gasteiger partial charge on any atom is -0.497 e. The third-order valence-electron chi connectivity index (χ3n) is 5.31. The van der Waals surface area contributed by atoms with E-state index >= 15 is 0 Å². The smallest absolute Gasteiger partial charge is 0.432 e. The highest BCUT2D eigenvalue weighted by molar-refractivity contribution is 6.30. The zero-order chi connectivity index (χ0) is 25.3. The first kappa shape index (κ1) is 24.3. The van der Waals surface area contributed by atoms with Crippen molar-refractivity contribution in [3.8, 4) is 5.75 Å². The van der Waals surface area contributed by atoms with Crippen LogP contribution >= 0.6 is 11.6 Å². The molecular weight excluding hydrogens is 488 g/mol. The average molecular weight is 505 g/mol. The van der Waals surface area contributed by atoms with Gasteiger partial charge in [0.05, 0.1) is 19.0 Å². The fourth-order valence-electron chi connectivity index (χ4n) is 3.77. The number of halogens is 5. The molecule has 1 N–H and O–H groups in total. The number of carbonyl (C=O) groups excluding carboxylic acids is 2. The highest BCUT2D eigenvalue weighted by Crippen LogP contribution is 2.40. The number of nitrogens with zero attached hydrogens (tertiary/aromatic N) is 1. The average Bonchev–Trinajstić information content (AvgIpc) is 3.14. The number of aromatic nitrogens is 1. The molecule has 0 saturated heterocycles. The number of ether oxygens (including phenoxy) is 1. The van der Waals surface area contributed by atoms with Gasteiger partial charge in [0.1, 0.15) is 17.3 Å². The highest BCUT2D eigenvalue weighted by Gasteiger charge is 2.41. The summed E-state index contributed by atoms with van der Waals surface area (Å²) in [7, 11) is 1.35. The lowest BCUT2D eigenvalue weighted by molar-refractivity contribution is -0.142. The summed E-state index contributed by atoms with van der Waals surface area (Å²) in [6, 6.07) is 14.3. The highest BCUT2D eigenvalue weighted by atomic mass is 35.5. The van der Waals surface area contributed by atoms with Crippen molar-refractivity contribution in [1.82, 2.24) is 4.57 Å². The third-order valence-corrected chi connectivity index (χ3v) is 5.56. The summed E-state index contributed by atoms with van der Waals surface area (Å²) in [5.41, 5.74) is -1.51. The Bertz CT molecular complexity index is 1410. The van der Waals surface area contributed by atoms with Gasteiger partial charge >= 0.3 is 6.18 Å². The molecule has 1 aromatic heterocycles. The monoisotopic (exact) mass is 504 g/mol. The fraction of sp³-hybridized carbons (Fsp3) is 0.120. The van der Waals surface area contributed by atoms with Gasteiger partial charge in [-0.1, -0.05) is 11.6 Å². The van der Waals surface area contributed by atoms with E-state index < -0.39 is 41.5 Å². The first-order valence-corrected chi connectivity index (χ1v) is 10.6. The number of rotatable bonds is 5. The maximum absolute atomic E-state index is 14.4. The van der Waals surface area contributed by atoms with Gasteiger partial charge in [0.15, 0.2) is 0 Å². The van der Waals surface area contributed by atoms with Crippen LogP contribution in [0.2, 0.25) is 5.02 Å². The van der Waals surface area contributed by atoms with E-state index in [0.717, 1.165) is 12.1 Å². The van der Waals surface area contributed by atoms with Crippen molar-refractivity contribution in [2.45, 2.75) is 12.6 Å². The number of anilines is 1. The summed E-state index contributed by atoms with van der Waals surface area (Å²) in [6.07, 6.45) is -5.67. The van der Waals surface area contributed by atoms with Crippen molar-refractivity contribution in [1.29, 1.82) is 0 Å². The van der Waals surface area contributed by atoms with Crippen LogP contribution in [0.15, 0.2) is 66.7 Å². The lowest BCUT2D eigenvalue weighted by Gasteiger charge is -2.14. The Labute approximate surface area is 201 Å². The van der Waals surface area contributed by atoms with Gasteiger partial charge in [0.25, 0.3) is 5.91 Å². The fourth-order valence-corrected chi connectivity index (χ4v) is 3.90. The molecule has 35 heavy (non-hydrogen) atoms. The number of methoxy groups -OCH3 is 1. The van der Waals surface area contributed by atoms with E-state index in [4.69, 9.17) is 16.3 Å². The molecule has 0 unspecified atom stereocenters. The van der Waals surface area contributed by atoms with Crippen LogP contribution in [0, 0.1) is 5.82 Å². The third kappa shape index (κ3) is 5.00. The molecule has 10 heteroatoms. The maximum Gasteiger partial charge on any atom is 0.432 e. The molecule has 0 spiro atoms. The number of carbonyl (C=O) groups is 2. The number of alkyl halides is 3. The van der Waals surface area contributed by atoms with Gasteiger partial charge in [-0.25, -0.2) is 4.39 Å². The van der Waals surface area contributed by atoms with Gasteiger partial charge in [-0.2, -0.15) is 13.2 Å². The van der Waals surface area contributed by atoms with Gasteiger partial charge in [-0.3, -0.25) is 14.2 Å². The van der Waals surface area contributed by atoms with Crippen LogP contribution < -0.4 is 10.1 Å². The first-order chi connectivity index (χ1) is 16.6. The number of hydrogen-bond acceptors (Lipinski definition) is 3.